The van der Waals surface area contributed by atoms with E-state index in [0.717, 1.165) is 0 Å². The molecule has 2 aromatic carbocycles. The van der Waals surface area contributed by atoms with Crippen molar-refractivity contribution in [2.75, 3.05) is 12.5 Å². The zero-order valence-electron chi connectivity index (χ0n) is 15.5. The lowest BCUT2D eigenvalue weighted by atomic mass is 10.2. The summed E-state index contributed by atoms with van der Waals surface area (Å²) in [5.74, 6) is -1.06. The Labute approximate surface area is 164 Å². The first-order valence-electron chi connectivity index (χ1n) is 8.35. The minimum absolute atomic E-state index is 0.0826. The van der Waals surface area contributed by atoms with Gasteiger partial charge in [0.25, 0.3) is 5.56 Å². The number of rotatable bonds is 6. The molecule has 10 heteroatoms. The molecule has 9 nitrogen and oxygen atoms in total. The second-order valence-electron chi connectivity index (χ2n) is 5.74. The van der Waals surface area contributed by atoms with Crippen molar-refractivity contribution in [2.24, 2.45) is 5.10 Å². The van der Waals surface area contributed by atoms with Gasteiger partial charge in [-0.1, -0.05) is 12.1 Å². The Morgan fingerprint density at radius 3 is 2.72 bits per heavy atom. The fourth-order valence-electron chi connectivity index (χ4n) is 2.24. The van der Waals surface area contributed by atoms with Crippen molar-refractivity contribution in [1.82, 2.24) is 15.2 Å². The molecule has 1 aromatic heterocycles. The van der Waals surface area contributed by atoms with Gasteiger partial charge in [0.15, 0.2) is 11.5 Å². The van der Waals surface area contributed by atoms with E-state index in [0.29, 0.717) is 5.56 Å². The Morgan fingerprint density at radius 1 is 1.21 bits per heavy atom. The number of anilines is 1. The zero-order valence-corrected chi connectivity index (χ0v) is 15.5. The molecule has 148 valence electrons. The molecule has 0 radical (unpaired) electrons. The number of aromatic amines is 1. The number of hydrogen-bond acceptors (Lipinski definition) is 8. The molecule has 0 saturated carbocycles. The van der Waals surface area contributed by atoms with Gasteiger partial charge in [-0.3, -0.25) is 9.78 Å². The lowest BCUT2D eigenvalue weighted by Gasteiger charge is -2.10. The van der Waals surface area contributed by atoms with E-state index in [4.69, 9.17) is 9.47 Å². The second kappa shape index (κ2) is 8.74. The number of hydrogen-bond donors (Lipinski definition) is 2. The van der Waals surface area contributed by atoms with E-state index in [1.54, 1.807) is 12.1 Å². The summed E-state index contributed by atoms with van der Waals surface area (Å²) in [5.41, 5.74) is 2.83. The van der Waals surface area contributed by atoms with E-state index in [2.05, 4.69) is 25.7 Å². The van der Waals surface area contributed by atoms with Crippen LogP contribution in [0, 0.1) is 12.7 Å². The summed E-state index contributed by atoms with van der Waals surface area (Å²) in [4.78, 5) is 26.1. The number of esters is 1. The maximum Gasteiger partial charge on any atom is 0.346 e. The van der Waals surface area contributed by atoms with Crippen molar-refractivity contribution in [3.05, 3.63) is 75.5 Å². The minimum Gasteiger partial charge on any atom is -0.493 e. The topological polar surface area (TPSA) is 119 Å². The summed E-state index contributed by atoms with van der Waals surface area (Å²) in [7, 11) is 1.40. The number of nitrogens with zero attached hydrogens (tertiary/aromatic N) is 3. The number of aromatic nitrogens is 3. The summed E-state index contributed by atoms with van der Waals surface area (Å²) in [6, 6.07) is 10.2. The quantitative estimate of drug-likeness (QED) is 0.283. The van der Waals surface area contributed by atoms with Gasteiger partial charge in [-0.2, -0.15) is 5.10 Å². The van der Waals surface area contributed by atoms with Crippen molar-refractivity contribution >= 4 is 18.1 Å². The average Bonchev–Trinajstić information content (AvgIpc) is 2.72. The van der Waals surface area contributed by atoms with Gasteiger partial charge >= 0.3 is 5.97 Å². The molecule has 0 spiro atoms. The maximum absolute atomic E-state index is 13.7. The number of halogens is 1. The zero-order chi connectivity index (χ0) is 20.8. The summed E-state index contributed by atoms with van der Waals surface area (Å²) < 4.78 is 24.2. The number of methoxy groups -OCH3 is 1. The fraction of sp³-hybridized carbons (Fsp3) is 0.105. The molecule has 0 unspecified atom stereocenters. The first-order valence-corrected chi connectivity index (χ1v) is 8.35. The fourth-order valence-corrected chi connectivity index (χ4v) is 2.24. The van der Waals surface area contributed by atoms with Crippen LogP contribution in [-0.4, -0.2) is 34.5 Å². The number of carbonyl (C=O) groups is 1. The van der Waals surface area contributed by atoms with Gasteiger partial charge in [-0.05, 0) is 42.8 Å². The maximum atomic E-state index is 13.7. The molecule has 0 aliphatic carbocycles. The van der Waals surface area contributed by atoms with Crippen LogP contribution in [0.1, 0.15) is 21.6 Å². The van der Waals surface area contributed by atoms with E-state index in [9.17, 15) is 14.0 Å². The summed E-state index contributed by atoms with van der Waals surface area (Å²) in [5, 5.41) is 11.4. The highest BCUT2D eigenvalue weighted by Gasteiger charge is 2.16. The first-order chi connectivity index (χ1) is 14.0. The Bertz CT molecular complexity index is 1130. The molecule has 0 bridgehead atoms. The monoisotopic (exact) mass is 397 g/mol. The van der Waals surface area contributed by atoms with E-state index < -0.39 is 11.8 Å². The van der Waals surface area contributed by atoms with Crippen molar-refractivity contribution in [1.29, 1.82) is 0 Å². The molecule has 0 aliphatic heterocycles. The Hall–Kier alpha value is -4.08. The van der Waals surface area contributed by atoms with E-state index in [1.807, 2.05) is 0 Å². The van der Waals surface area contributed by atoms with Gasteiger partial charge in [0.1, 0.15) is 11.5 Å². The Morgan fingerprint density at radius 2 is 2.00 bits per heavy atom. The van der Waals surface area contributed by atoms with Crippen LogP contribution >= 0.6 is 0 Å². The molecular formula is C19H16FN5O4. The van der Waals surface area contributed by atoms with Crippen molar-refractivity contribution in [2.45, 2.75) is 6.92 Å². The molecular weight excluding hydrogens is 381 g/mol. The van der Waals surface area contributed by atoms with Crippen LogP contribution in [0.3, 0.4) is 0 Å². The summed E-state index contributed by atoms with van der Waals surface area (Å²) in [6.45, 7) is 1.53. The Kier molecular flexibility index (Phi) is 5.93. The molecule has 2 N–H and O–H groups in total. The number of hydrazone groups is 1. The van der Waals surface area contributed by atoms with Gasteiger partial charge in [-0.25, -0.2) is 14.6 Å². The Balaban J connectivity index is 1.72. The van der Waals surface area contributed by atoms with Gasteiger partial charge in [-0.15, -0.1) is 10.2 Å². The highest BCUT2D eigenvalue weighted by atomic mass is 19.1. The van der Waals surface area contributed by atoms with Crippen LogP contribution < -0.4 is 20.5 Å². The molecule has 3 rings (SSSR count). The average molecular weight is 397 g/mol. The van der Waals surface area contributed by atoms with E-state index in [1.165, 1.54) is 50.6 Å². The third-order valence-corrected chi connectivity index (χ3v) is 3.73. The predicted octanol–water partition coefficient (Wildman–Crippen LogP) is 2.29. The second-order valence-corrected chi connectivity index (χ2v) is 5.74. The number of carbonyl (C=O) groups excluding carboxylic acids is 1. The van der Waals surface area contributed by atoms with Gasteiger partial charge < -0.3 is 9.47 Å². The van der Waals surface area contributed by atoms with Crippen molar-refractivity contribution < 1.29 is 18.7 Å². The van der Waals surface area contributed by atoms with Crippen LogP contribution in [-0.2, 0) is 0 Å². The normalized spacial score (nSPS) is 10.7. The van der Waals surface area contributed by atoms with Crippen LogP contribution in [0.4, 0.5) is 10.3 Å². The van der Waals surface area contributed by atoms with Crippen LogP contribution in [0.15, 0.2) is 52.4 Å². The number of ether oxygens (including phenoxy) is 2. The van der Waals surface area contributed by atoms with E-state index in [-0.39, 0.29) is 34.3 Å². The molecule has 1 heterocycles. The lowest BCUT2D eigenvalue weighted by Crippen LogP contribution is -2.15. The number of aryl methyl sites for hydroxylation is 1. The highest BCUT2D eigenvalue weighted by molar-refractivity contribution is 5.92. The molecule has 3 aromatic rings. The third-order valence-electron chi connectivity index (χ3n) is 3.73. The third kappa shape index (κ3) is 4.80. The highest BCUT2D eigenvalue weighted by Crippen LogP contribution is 2.28. The smallest absolute Gasteiger partial charge is 0.346 e. The largest absolute Gasteiger partial charge is 0.493 e. The summed E-state index contributed by atoms with van der Waals surface area (Å²) in [6.07, 6.45) is 1.44. The molecule has 0 saturated heterocycles. The van der Waals surface area contributed by atoms with Crippen molar-refractivity contribution in [3.8, 4) is 11.5 Å². The first kappa shape index (κ1) is 19.7. The number of nitrogens with one attached hydrogen (secondary N) is 2. The number of H-pyrrole nitrogens is 1. The van der Waals surface area contributed by atoms with Gasteiger partial charge in [0, 0.05) is 0 Å². The standard InChI is InChI=1S/C19H16FN5O4/c1-11-17(26)22-19(25-23-11)24-21-10-12-7-8-15(16(9-12)28-2)29-18(27)13-5-3-4-6-14(13)20/h3-10H,1-2H3,(H2,22,24,25,26)/b21-10+. The molecule has 0 atom stereocenters. The minimum atomic E-state index is -0.841. The van der Waals surface area contributed by atoms with Crippen molar-refractivity contribution in [3.63, 3.8) is 0 Å². The van der Waals surface area contributed by atoms with Gasteiger partial charge in [0.2, 0.25) is 5.95 Å². The van der Waals surface area contributed by atoms with Crippen LogP contribution in [0.5, 0.6) is 11.5 Å². The SMILES string of the molecule is COc1cc(/C=N/Nc2nnc(C)c(=O)[nH]2)ccc1OC(=O)c1ccccc1F. The molecule has 0 aliphatic rings. The number of benzene rings is 2. The van der Waals surface area contributed by atoms with Crippen LogP contribution in [0.2, 0.25) is 0 Å². The summed E-state index contributed by atoms with van der Waals surface area (Å²) >= 11 is 0. The van der Waals surface area contributed by atoms with E-state index >= 15 is 0 Å². The predicted molar refractivity (Wildman–Crippen MR) is 103 cm³/mol. The molecule has 0 amide bonds. The molecule has 0 fully saturated rings. The molecule has 29 heavy (non-hydrogen) atoms. The lowest BCUT2D eigenvalue weighted by molar-refractivity contribution is 0.0725. The van der Waals surface area contributed by atoms with Gasteiger partial charge in [0.05, 0.1) is 18.9 Å². The van der Waals surface area contributed by atoms with Crippen LogP contribution in [0.25, 0.3) is 0 Å².